The highest BCUT2D eigenvalue weighted by Gasteiger charge is 2.34. The Kier molecular flexibility index (Phi) is 6.60. The third-order valence-corrected chi connectivity index (χ3v) is 6.67. The van der Waals surface area contributed by atoms with Gasteiger partial charge in [0.25, 0.3) is 5.91 Å². The Hall–Kier alpha value is -3.07. The number of nitrogens with one attached hydrogen (secondary N) is 2. The molecule has 33 heavy (non-hydrogen) atoms. The van der Waals surface area contributed by atoms with E-state index >= 15 is 4.39 Å². The SMILES string of the molecule is CN(C)C(=O)c1c(N)ccc(-c2cnc(NCC3CCC(N4CCNC4=O)C3)cc2Cl)c1F. The highest BCUT2D eigenvalue weighted by molar-refractivity contribution is 6.33. The number of aromatic nitrogens is 1. The molecule has 1 saturated heterocycles. The van der Waals surface area contributed by atoms with E-state index in [4.69, 9.17) is 17.3 Å². The number of anilines is 2. The molecule has 0 radical (unpaired) electrons. The minimum atomic E-state index is -0.721. The quantitative estimate of drug-likeness (QED) is 0.556. The molecule has 8 nitrogen and oxygen atoms in total. The number of carbonyl (C=O) groups is 2. The van der Waals surface area contributed by atoms with Gasteiger partial charge in [0.1, 0.15) is 11.6 Å². The van der Waals surface area contributed by atoms with E-state index in [0.29, 0.717) is 35.4 Å². The van der Waals surface area contributed by atoms with Gasteiger partial charge in [-0.1, -0.05) is 11.6 Å². The molecule has 2 atom stereocenters. The van der Waals surface area contributed by atoms with E-state index in [-0.39, 0.29) is 28.9 Å². The van der Waals surface area contributed by atoms with Gasteiger partial charge in [0.15, 0.2) is 0 Å². The first-order chi connectivity index (χ1) is 15.8. The molecule has 1 aromatic carbocycles. The topological polar surface area (TPSA) is 104 Å². The second-order valence-electron chi connectivity index (χ2n) is 8.78. The van der Waals surface area contributed by atoms with Gasteiger partial charge in [0.05, 0.1) is 10.6 Å². The summed E-state index contributed by atoms with van der Waals surface area (Å²) >= 11 is 6.47. The van der Waals surface area contributed by atoms with Crippen molar-refractivity contribution >= 4 is 35.0 Å². The number of halogens is 2. The van der Waals surface area contributed by atoms with E-state index in [1.165, 1.54) is 37.3 Å². The third-order valence-electron chi connectivity index (χ3n) is 6.35. The van der Waals surface area contributed by atoms with Gasteiger partial charge in [-0.3, -0.25) is 4.79 Å². The maximum absolute atomic E-state index is 15.2. The molecule has 1 aromatic heterocycles. The van der Waals surface area contributed by atoms with E-state index in [1.54, 1.807) is 6.07 Å². The lowest BCUT2D eigenvalue weighted by Gasteiger charge is -2.22. The van der Waals surface area contributed by atoms with Crippen molar-refractivity contribution in [1.29, 1.82) is 0 Å². The predicted molar refractivity (Wildman–Crippen MR) is 127 cm³/mol. The fraction of sp³-hybridized carbons (Fsp3) is 0.435. The predicted octanol–water partition coefficient (Wildman–Crippen LogP) is 3.43. The number of benzene rings is 1. The molecule has 1 aliphatic heterocycles. The van der Waals surface area contributed by atoms with E-state index in [1.807, 2.05) is 4.90 Å². The Labute approximate surface area is 197 Å². The van der Waals surface area contributed by atoms with Crippen LogP contribution in [-0.2, 0) is 0 Å². The summed E-state index contributed by atoms with van der Waals surface area (Å²) in [6.07, 6.45) is 4.48. The zero-order valence-corrected chi connectivity index (χ0v) is 19.5. The molecule has 10 heteroatoms. The maximum Gasteiger partial charge on any atom is 0.317 e. The molecule has 0 spiro atoms. The normalized spacial score (nSPS) is 20.1. The summed E-state index contributed by atoms with van der Waals surface area (Å²) in [6.45, 7) is 2.20. The standard InChI is InChI=1S/C23H28ClFN6O2/c1-30(2)22(32)20-18(26)6-5-15(21(20)25)16-12-29-19(10-17(16)24)28-11-13-3-4-14(9-13)31-8-7-27-23(31)33/h5-6,10,12-14H,3-4,7-9,11,26H2,1-2H3,(H,27,33)(H,28,29). The van der Waals surface area contributed by atoms with Crippen molar-refractivity contribution in [2.45, 2.75) is 25.3 Å². The first kappa shape index (κ1) is 23.1. The van der Waals surface area contributed by atoms with Crippen LogP contribution in [0.5, 0.6) is 0 Å². The van der Waals surface area contributed by atoms with Crippen LogP contribution in [0.25, 0.3) is 11.1 Å². The smallest absolute Gasteiger partial charge is 0.317 e. The summed E-state index contributed by atoms with van der Waals surface area (Å²) in [6, 6.07) is 4.96. The molecule has 3 amide bonds. The Bertz CT molecular complexity index is 1080. The van der Waals surface area contributed by atoms with Gasteiger partial charge in [-0.2, -0.15) is 0 Å². The van der Waals surface area contributed by atoms with Gasteiger partial charge < -0.3 is 26.2 Å². The minimum absolute atomic E-state index is 0.0305. The lowest BCUT2D eigenvalue weighted by Crippen LogP contribution is -2.36. The second kappa shape index (κ2) is 9.43. The van der Waals surface area contributed by atoms with Gasteiger partial charge in [-0.05, 0) is 43.4 Å². The molecule has 2 fully saturated rings. The Morgan fingerprint density at radius 3 is 2.82 bits per heavy atom. The molecule has 2 heterocycles. The van der Waals surface area contributed by atoms with Crippen molar-refractivity contribution in [2.24, 2.45) is 5.92 Å². The van der Waals surface area contributed by atoms with Crippen LogP contribution in [0.1, 0.15) is 29.6 Å². The number of urea groups is 1. The van der Waals surface area contributed by atoms with Gasteiger partial charge >= 0.3 is 6.03 Å². The van der Waals surface area contributed by atoms with E-state index < -0.39 is 11.7 Å². The van der Waals surface area contributed by atoms with Crippen LogP contribution in [-0.4, -0.2) is 66.5 Å². The van der Waals surface area contributed by atoms with Crippen molar-refractivity contribution < 1.29 is 14.0 Å². The van der Waals surface area contributed by atoms with Crippen LogP contribution in [0, 0.1) is 11.7 Å². The number of nitrogens with zero attached hydrogens (tertiary/aromatic N) is 3. The molecule has 2 aliphatic rings. The van der Waals surface area contributed by atoms with Crippen LogP contribution in [0.4, 0.5) is 20.7 Å². The van der Waals surface area contributed by atoms with Crippen LogP contribution in [0.3, 0.4) is 0 Å². The molecule has 1 aliphatic carbocycles. The molecule has 176 valence electrons. The van der Waals surface area contributed by atoms with Gasteiger partial charge in [0, 0.05) is 62.8 Å². The Morgan fingerprint density at radius 1 is 1.36 bits per heavy atom. The number of hydrogen-bond acceptors (Lipinski definition) is 5. The molecule has 0 bridgehead atoms. The van der Waals surface area contributed by atoms with Crippen molar-refractivity contribution in [1.82, 2.24) is 20.1 Å². The van der Waals surface area contributed by atoms with Crippen LogP contribution < -0.4 is 16.4 Å². The number of amides is 3. The summed E-state index contributed by atoms with van der Waals surface area (Å²) in [7, 11) is 3.07. The van der Waals surface area contributed by atoms with E-state index in [2.05, 4.69) is 15.6 Å². The van der Waals surface area contributed by atoms with Crippen molar-refractivity contribution in [3.63, 3.8) is 0 Å². The first-order valence-corrected chi connectivity index (χ1v) is 11.4. The zero-order chi connectivity index (χ0) is 23.7. The molecule has 2 unspecified atom stereocenters. The molecular formula is C23H28ClFN6O2. The van der Waals surface area contributed by atoms with Crippen LogP contribution >= 0.6 is 11.6 Å². The largest absolute Gasteiger partial charge is 0.398 e. The summed E-state index contributed by atoms with van der Waals surface area (Å²) in [5.74, 6) is -0.221. The van der Waals surface area contributed by atoms with Gasteiger partial charge in [-0.15, -0.1) is 0 Å². The first-order valence-electron chi connectivity index (χ1n) is 11.0. The fourth-order valence-electron chi connectivity index (χ4n) is 4.57. The Morgan fingerprint density at radius 2 is 2.15 bits per heavy atom. The summed E-state index contributed by atoms with van der Waals surface area (Å²) in [5.41, 5.74) is 6.29. The summed E-state index contributed by atoms with van der Waals surface area (Å²) in [4.78, 5) is 31.9. The van der Waals surface area contributed by atoms with E-state index in [9.17, 15) is 9.59 Å². The lowest BCUT2D eigenvalue weighted by molar-refractivity contribution is 0.0824. The lowest BCUT2D eigenvalue weighted by atomic mass is 10.0. The average molecular weight is 475 g/mol. The number of hydrogen-bond donors (Lipinski definition) is 3. The number of nitrogens with two attached hydrogens (primary N) is 1. The van der Waals surface area contributed by atoms with Gasteiger partial charge in [-0.25, -0.2) is 14.2 Å². The highest BCUT2D eigenvalue weighted by Crippen LogP contribution is 2.35. The number of carbonyl (C=O) groups excluding carboxylic acids is 2. The van der Waals surface area contributed by atoms with Crippen molar-refractivity contribution in [3.8, 4) is 11.1 Å². The monoisotopic (exact) mass is 474 g/mol. The maximum atomic E-state index is 15.2. The van der Waals surface area contributed by atoms with E-state index in [0.717, 1.165) is 25.8 Å². The Balaban J connectivity index is 1.44. The molecule has 1 saturated carbocycles. The molecule has 4 rings (SSSR count). The number of nitrogen functional groups attached to an aromatic ring is 1. The number of rotatable bonds is 6. The third kappa shape index (κ3) is 4.68. The highest BCUT2D eigenvalue weighted by atomic mass is 35.5. The van der Waals surface area contributed by atoms with Crippen molar-refractivity contribution in [2.75, 3.05) is 44.8 Å². The van der Waals surface area contributed by atoms with Crippen molar-refractivity contribution in [3.05, 3.63) is 40.8 Å². The summed E-state index contributed by atoms with van der Waals surface area (Å²) in [5, 5.41) is 6.48. The van der Waals surface area contributed by atoms with Crippen LogP contribution in [0.2, 0.25) is 5.02 Å². The minimum Gasteiger partial charge on any atom is -0.398 e. The second-order valence-corrected chi connectivity index (χ2v) is 9.19. The fourth-order valence-corrected chi connectivity index (χ4v) is 4.82. The summed E-state index contributed by atoms with van der Waals surface area (Å²) < 4.78 is 15.2. The molecule has 2 aromatic rings. The zero-order valence-electron chi connectivity index (χ0n) is 18.7. The van der Waals surface area contributed by atoms with Crippen LogP contribution in [0.15, 0.2) is 24.4 Å². The van der Waals surface area contributed by atoms with Gasteiger partial charge in [0.2, 0.25) is 0 Å². The number of pyridine rings is 1. The molecular weight excluding hydrogens is 447 g/mol. The molecule has 4 N–H and O–H groups in total. The average Bonchev–Trinajstić information content (AvgIpc) is 3.41.